The average molecular weight is 578 g/mol. The maximum absolute atomic E-state index is 13.1. The minimum absolute atomic E-state index is 0.0597. The van der Waals surface area contributed by atoms with Gasteiger partial charge < -0.3 is 9.64 Å². The van der Waals surface area contributed by atoms with E-state index in [4.69, 9.17) is 4.74 Å². The molecule has 5 aromatic carbocycles. The molecule has 0 spiro atoms. The maximum atomic E-state index is 13.1. The molecule has 0 radical (unpaired) electrons. The predicted octanol–water partition coefficient (Wildman–Crippen LogP) is 10.3. The first-order chi connectivity index (χ1) is 20.6. The molecular weight excluding hydrogens is 543 g/mol. The summed E-state index contributed by atoms with van der Waals surface area (Å²) in [6.07, 6.45) is -4.05. The lowest BCUT2D eigenvalue weighted by Crippen LogP contribution is -2.22. The van der Waals surface area contributed by atoms with Gasteiger partial charge in [0.05, 0.1) is 5.56 Å². The molecule has 218 valence electrons. The fourth-order valence-corrected chi connectivity index (χ4v) is 6.09. The Hall–Kier alpha value is -4.51. The van der Waals surface area contributed by atoms with E-state index in [0.717, 1.165) is 28.9 Å². The van der Waals surface area contributed by atoms with Gasteiger partial charge in [-0.15, -0.1) is 0 Å². The van der Waals surface area contributed by atoms with Crippen LogP contribution in [0.25, 0.3) is 22.3 Å². The first kappa shape index (κ1) is 28.6. The van der Waals surface area contributed by atoms with Crippen LogP contribution in [0, 0.1) is 0 Å². The van der Waals surface area contributed by atoms with Crippen molar-refractivity contribution in [1.82, 2.24) is 0 Å². The van der Waals surface area contributed by atoms with Crippen molar-refractivity contribution in [3.05, 3.63) is 144 Å². The molecular formula is C38H34F3NO. The second kappa shape index (κ2) is 11.3. The van der Waals surface area contributed by atoms with Crippen molar-refractivity contribution in [2.75, 3.05) is 18.5 Å². The Kier molecular flexibility index (Phi) is 7.51. The van der Waals surface area contributed by atoms with Crippen molar-refractivity contribution >= 4 is 5.69 Å². The van der Waals surface area contributed by atoms with E-state index in [1.165, 1.54) is 39.9 Å². The summed E-state index contributed by atoms with van der Waals surface area (Å²) in [7, 11) is 2.06. The van der Waals surface area contributed by atoms with Crippen molar-refractivity contribution in [2.45, 2.75) is 38.0 Å². The second-order valence-electron chi connectivity index (χ2n) is 11.7. The first-order valence-electron chi connectivity index (χ1n) is 14.6. The van der Waals surface area contributed by atoms with E-state index in [0.29, 0.717) is 18.7 Å². The van der Waals surface area contributed by atoms with Gasteiger partial charge in [0, 0.05) is 31.1 Å². The van der Waals surface area contributed by atoms with Crippen LogP contribution in [0.2, 0.25) is 0 Å². The van der Waals surface area contributed by atoms with Gasteiger partial charge >= 0.3 is 6.18 Å². The SMILES string of the molecule is CN(CCC(Oc1ccc(C(F)(F)F)cc1)c1ccccc1)c1cccc(-c2ccc3c(c2)C(C)(C)c2ccccc2-3)c1. The number of ether oxygens (including phenoxy) is 1. The lowest BCUT2D eigenvalue weighted by molar-refractivity contribution is -0.137. The number of benzene rings is 5. The molecule has 0 fully saturated rings. The molecule has 0 N–H and O–H groups in total. The molecule has 0 aliphatic heterocycles. The summed E-state index contributed by atoms with van der Waals surface area (Å²) in [5.41, 5.74) is 8.97. The third-order valence-electron chi connectivity index (χ3n) is 8.56. The number of nitrogens with zero attached hydrogens (tertiary/aromatic N) is 1. The van der Waals surface area contributed by atoms with E-state index in [1.807, 2.05) is 30.3 Å². The molecule has 6 rings (SSSR count). The molecule has 0 amide bonds. The predicted molar refractivity (Wildman–Crippen MR) is 169 cm³/mol. The molecule has 5 heteroatoms. The third-order valence-corrected chi connectivity index (χ3v) is 8.56. The van der Waals surface area contributed by atoms with Crippen molar-refractivity contribution in [3.63, 3.8) is 0 Å². The van der Waals surface area contributed by atoms with E-state index in [2.05, 4.69) is 92.5 Å². The van der Waals surface area contributed by atoms with Crippen molar-refractivity contribution in [1.29, 1.82) is 0 Å². The Balaban J connectivity index is 1.20. The summed E-state index contributed by atoms with van der Waals surface area (Å²) in [5, 5.41) is 0. The van der Waals surface area contributed by atoms with Gasteiger partial charge in [0.15, 0.2) is 0 Å². The van der Waals surface area contributed by atoms with Gasteiger partial charge in [0.2, 0.25) is 0 Å². The number of rotatable bonds is 8. The van der Waals surface area contributed by atoms with Gasteiger partial charge in [-0.1, -0.05) is 92.7 Å². The minimum atomic E-state index is -4.38. The standard InChI is InChI=1S/C38H34F3NO/c1-37(2)34-15-8-7-14-32(34)33-21-16-28(25-35(33)37)27-12-9-13-30(24-27)42(3)23-22-36(26-10-5-4-6-11-26)43-31-19-17-29(18-20-31)38(39,40)41/h4-21,24-25,36H,22-23H2,1-3H3. The lowest BCUT2D eigenvalue weighted by atomic mass is 9.81. The number of fused-ring (bicyclic) bond motifs is 3. The Morgan fingerprint density at radius 1 is 0.698 bits per heavy atom. The van der Waals surface area contributed by atoms with E-state index in [1.54, 1.807) is 0 Å². The molecule has 1 aliphatic rings. The number of anilines is 1. The lowest BCUT2D eigenvalue weighted by Gasteiger charge is -2.25. The van der Waals surface area contributed by atoms with Crippen LogP contribution in [0.4, 0.5) is 18.9 Å². The van der Waals surface area contributed by atoms with Crippen LogP contribution in [0.5, 0.6) is 5.75 Å². The van der Waals surface area contributed by atoms with Crippen LogP contribution in [0.1, 0.15) is 48.6 Å². The van der Waals surface area contributed by atoms with Gasteiger partial charge in [-0.05, 0) is 81.4 Å². The average Bonchev–Trinajstić information content (AvgIpc) is 3.25. The zero-order valence-corrected chi connectivity index (χ0v) is 24.5. The smallest absolute Gasteiger partial charge is 0.416 e. The Morgan fingerprint density at radius 2 is 1.37 bits per heavy atom. The molecule has 5 aromatic rings. The largest absolute Gasteiger partial charge is 0.486 e. The molecule has 0 saturated carbocycles. The highest BCUT2D eigenvalue weighted by molar-refractivity contribution is 5.83. The van der Waals surface area contributed by atoms with E-state index >= 15 is 0 Å². The van der Waals surface area contributed by atoms with Gasteiger partial charge in [-0.25, -0.2) is 0 Å². The number of hydrogen-bond acceptors (Lipinski definition) is 2. The van der Waals surface area contributed by atoms with Crippen LogP contribution >= 0.6 is 0 Å². The van der Waals surface area contributed by atoms with Crippen LogP contribution in [-0.2, 0) is 11.6 Å². The van der Waals surface area contributed by atoms with Crippen LogP contribution < -0.4 is 9.64 Å². The summed E-state index contributed by atoms with van der Waals surface area (Å²) in [5.74, 6) is 0.410. The normalized spacial score (nSPS) is 14.1. The zero-order valence-electron chi connectivity index (χ0n) is 24.5. The highest BCUT2D eigenvalue weighted by Gasteiger charge is 2.35. The molecule has 0 bridgehead atoms. The number of alkyl halides is 3. The number of halogens is 3. The summed E-state index contributed by atoms with van der Waals surface area (Å²) in [4.78, 5) is 2.20. The molecule has 1 aliphatic carbocycles. The number of hydrogen-bond donors (Lipinski definition) is 0. The quantitative estimate of drug-likeness (QED) is 0.182. The molecule has 1 unspecified atom stereocenters. The maximum Gasteiger partial charge on any atom is 0.416 e. The molecule has 1 atom stereocenters. The molecule has 0 aromatic heterocycles. The highest BCUT2D eigenvalue weighted by Crippen LogP contribution is 2.49. The third kappa shape index (κ3) is 5.77. The molecule has 0 saturated heterocycles. The Labute approximate surface area is 251 Å². The summed E-state index contributed by atoms with van der Waals surface area (Å²) in [6.45, 7) is 5.28. The first-order valence-corrected chi connectivity index (χ1v) is 14.6. The summed E-state index contributed by atoms with van der Waals surface area (Å²) >= 11 is 0. The fraction of sp³-hybridized carbons (Fsp3) is 0.211. The molecule has 0 heterocycles. The fourth-order valence-electron chi connectivity index (χ4n) is 6.09. The van der Waals surface area contributed by atoms with Crippen LogP contribution in [0.3, 0.4) is 0 Å². The Morgan fingerprint density at radius 3 is 2.12 bits per heavy atom. The topological polar surface area (TPSA) is 12.5 Å². The monoisotopic (exact) mass is 577 g/mol. The molecule has 43 heavy (non-hydrogen) atoms. The van der Waals surface area contributed by atoms with E-state index in [-0.39, 0.29) is 11.5 Å². The zero-order chi connectivity index (χ0) is 30.2. The minimum Gasteiger partial charge on any atom is -0.486 e. The van der Waals surface area contributed by atoms with Gasteiger partial charge in [0.25, 0.3) is 0 Å². The van der Waals surface area contributed by atoms with Crippen LogP contribution in [-0.4, -0.2) is 13.6 Å². The molecule has 2 nitrogen and oxygen atoms in total. The second-order valence-corrected chi connectivity index (χ2v) is 11.7. The van der Waals surface area contributed by atoms with E-state index in [9.17, 15) is 13.2 Å². The van der Waals surface area contributed by atoms with Crippen LogP contribution in [0.15, 0.2) is 121 Å². The highest BCUT2D eigenvalue weighted by atomic mass is 19.4. The van der Waals surface area contributed by atoms with Gasteiger partial charge in [0.1, 0.15) is 11.9 Å². The summed E-state index contributed by atoms with van der Waals surface area (Å²) in [6, 6.07) is 38.7. The van der Waals surface area contributed by atoms with Gasteiger partial charge in [-0.3, -0.25) is 0 Å². The van der Waals surface area contributed by atoms with E-state index < -0.39 is 11.7 Å². The van der Waals surface area contributed by atoms with Crippen molar-refractivity contribution in [2.24, 2.45) is 0 Å². The summed E-state index contributed by atoms with van der Waals surface area (Å²) < 4.78 is 45.4. The van der Waals surface area contributed by atoms with Crippen molar-refractivity contribution in [3.8, 4) is 28.0 Å². The Bertz CT molecular complexity index is 1730. The van der Waals surface area contributed by atoms with Gasteiger partial charge in [-0.2, -0.15) is 13.2 Å². The van der Waals surface area contributed by atoms with Crippen molar-refractivity contribution < 1.29 is 17.9 Å².